The molecule has 3 rings (SSSR count). The quantitative estimate of drug-likeness (QED) is 0.285. The molecule has 6 nitrogen and oxygen atoms in total. The number of nitrogens with zero attached hydrogens (tertiary/aromatic N) is 2. The largest absolute Gasteiger partial charge is 0.367 e. The van der Waals surface area contributed by atoms with Gasteiger partial charge in [-0.2, -0.15) is 0 Å². The molecule has 0 aliphatic carbocycles. The third-order valence-corrected chi connectivity index (χ3v) is 4.92. The molecule has 0 atom stereocenters. The molecule has 1 aromatic carbocycles. The third-order valence-electron chi connectivity index (χ3n) is 3.95. The number of carbonyl (C=O) groups is 1. The molecule has 0 saturated heterocycles. The summed E-state index contributed by atoms with van der Waals surface area (Å²) in [5.41, 5.74) is -0.0211. The van der Waals surface area contributed by atoms with Crippen LogP contribution in [-0.2, 0) is 0 Å². The Bertz CT molecular complexity index is 1010. The monoisotopic (exact) mass is 405 g/mol. The second-order valence-electron chi connectivity index (χ2n) is 6.51. The topological polar surface area (TPSA) is 82.7 Å². The van der Waals surface area contributed by atoms with Crippen LogP contribution in [0.15, 0.2) is 24.7 Å². The first kappa shape index (κ1) is 20.1. The van der Waals surface area contributed by atoms with E-state index in [1.54, 1.807) is 0 Å². The van der Waals surface area contributed by atoms with E-state index in [0.29, 0.717) is 16.9 Å². The van der Waals surface area contributed by atoms with Gasteiger partial charge in [0, 0.05) is 18.0 Å². The summed E-state index contributed by atoms with van der Waals surface area (Å²) >= 11 is 1.30. The maximum absolute atomic E-state index is 14.9. The van der Waals surface area contributed by atoms with Crippen molar-refractivity contribution in [2.75, 3.05) is 15.8 Å². The fourth-order valence-electron chi connectivity index (χ4n) is 2.73. The van der Waals surface area contributed by atoms with Gasteiger partial charge in [0.15, 0.2) is 5.82 Å². The first-order valence-corrected chi connectivity index (χ1v) is 9.91. The van der Waals surface area contributed by atoms with Gasteiger partial charge in [-0.3, -0.25) is 4.79 Å². The number of carbonyl (C=O) groups excluding carboxylic acids is 1. The standard InChI is InChI=1S/C19H21F2N5OS/c1-4-7-28-26-13-6-5-12(20)15(16(13)21)17(27)11-8-22-18-14(11)19(24-9-23-18)25-10(2)3/h5-6,8-10,26H,4,7H2,1-3H3,(H2,22,23,24,25). The summed E-state index contributed by atoms with van der Waals surface area (Å²) in [4.78, 5) is 24.2. The number of halogens is 2. The van der Waals surface area contributed by atoms with Crippen molar-refractivity contribution >= 4 is 40.3 Å². The van der Waals surface area contributed by atoms with E-state index < -0.39 is 23.0 Å². The molecule has 9 heteroatoms. The Labute approximate surface area is 165 Å². The minimum Gasteiger partial charge on any atom is -0.367 e. The Balaban J connectivity index is 2.06. The molecule has 2 aromatic heterocycles. The summed E-state index contributed by atoms with van der Waals surface area (Å²) < 4.78 is 32.2. The number of hydrogen-bond acceptors (Lipinski definition) is 6. The molecule has 0 unspecified atom stereocenters. The van der Waals surface area contributed by atoms with Crippen LogP contribution in [-0.4, -0.2) is 32.5 Å². The van der Waals surface area contributed by atoms with Crippen LogP contribution in [0.4, 0.5) is 20.3 Å². The fraction of sp³-hybridized carbons (Fsp3) is 0.316. The van der Waals surface area contributed by atoms with E-state index in [9.17, 15) is 13.6 Å². The van der Waals surface area contributed by atoms with Crippen LogP contribution < -0.4 is 10.0 Å². The summed E-state index contributed by atoms with van der Waals surface area (Å²) in [6, 6.07) is 2.42. The molecular formula is C19H21F2N5OS. The molecule has 3 N–H and O–H groups in total. The number of H-pyrrole nitrogens is 1. The SMILES string of the molecule is CCCSNc1ccc(F)c(C(=O)c2c[nH]c3ncnc(NC(C)C)c23)c1F. The van der Waals surface area contributed by atoms with E-state index in [2.05, 4.69) is 25.0 Å². The zero-order valence-electron chi connectivity index (χ0n) is 15.8. The lowest BCUT2D eigenvalue weighted by Gasteiger charge is -2.12. The average Bonchev–Trinajstić information content (AvgIpc) is 3.08. The molecule has 0 amide bonds. The minimum absolute atomic E-state index is 0.0487. The molecule has 3 aromatic rings. The zero-order chi connectivity index (χ0) is 20.3. The van der Waals surface area contributed by atoms with Gasteiger partial charge < -0.3 is 15.0 Å². The summed E-state index contributed by atoms with van der Waals surface area (Å²) in [6.45, 7) is 5.83. The van der Waals surface area contributed by atoms with Crippen LogP contribution in [0.3, 0.4) is 0 Å². The Morgan fingerprint density at radius 1 is 1.29 bits per heavy atom. The number of aromatic amines is 1. The molecule has 28 heavy (non-hydrogen) atoms. The van der Waals surface area contributed by atoms with Gasteiger partial charge in [-0.1, -0.05) is 18.9 Å². The van der Waals surface area contributed by atoms with Crippen LogP contribution in [0, 0.1) is 11.6 Å². The number of ketones is 1. The van der Waals surface area contributed by atoms with Crippen molar-refractivity contribution in [2.45, 2.75) is 33.2 Å². The van der Waals surface area contributed by atoms with E-state index in [-0.39, 0.29) is 17.3 Å². The van der Waals surface area contributed by atoms with Crippen molar-refractivity contribution in [1.29, 1.82) is 0 Å². The number of benzene rings is 1. The number of fused-ring (bicyclic) bond motifs is 1. The molecule has 0 aliphatic rings. The second-order valence-corrected chi connectivity index (χ2v) is 7.41. The van der Waals surface area contributed by atoms with Gasteiger partial charge >= 0.3 is 0 Å². The van der Waals surface area contributed by atoms with Gasteiger partial charge in [-0.25, -0.2) is 18.7 Å². The highest BCUT2D eigenvalue weighted by Crippen LogP contribution is 2.30. The first-order valence-electron chi connectivity index (χ1n) is 8.93. The van der Waals surface area contributed by atoms with E-state index in [4.69, 9.17) is 0 Å². The van der Waals surface area contributed by atoms with Crippen molar-refractivity contribution in [3.63, 3.8) is 0 Å². The van der Waals surface area contributed by atoms with Crippen LogP contribution in [0.25, 0.3) is 11.0 Å². The number of rotatable bonds is 8. The maximum atomic E-state index is 14.9. The van der Waals surface area contributed by atoms with Crippen LogP contribution in [0.5, 0.6) is 0 Å². The normalized spacial score (nSPS) is 11.2. The average molecular weight is 405 g/mol. The highest BCUT2D eigenvalue weighted by atomic mass is 32.2. The van der Waals surface area contributed by atoms with Crippen molar-refractivity contribution in [3.05, 3.63) is 47.4 Å². The second kappa shape index (κ2) is 8.55. The molecule has 0 bridgehead atoms. The van der Waals surface area contributed by atoms with Crippen molar-refractivity contribution in [2.24, 2.45) is 0 Å². The van der Waals surface area contributed by atoms with E-state index in [1.165, 1.54) is 30.5 Å². The summed E-state index contributed by atoms with van der Waals surface area (Å²) in [6.07, 6.45) is 3.65. The summed E-state index contributed by atoms with van der Waals surface area (Å²) in [5.74, 6) is -1.43. The summed E-state index contributed by atoms with van der Waals surface area (Å²) in [5, 5.41) is 3.53. The molecule has 0 fully saturated rings. The Morgan fingerprint density at radius 2 is 2.07 bits per heavy atom. The molecule has 2 heterocycles. The fourth-order valence-corrected chi connectivity index (χ4v) is 3.35. The van der Waals surface area contributed by atoms with Gasteiger partial charge in [0.25, 0.3) is 0 Å². The van der Waals surface area contributed by atoms with Gasteiger partial charge in [0.05, 0.1) is 22.2 Å². The highest BCUT2D eigenvalue weighted by molar-refractivity contribution is 8.00. The smallest absolute Gasteiger partial charge is 0.201 e. The predicted octanol–water partition coefficient (Wildman–Crippen LogP) is 4.76. The van der Waals surface area contributed by atoms with Gasteiger partial charge in [0.1, 0.15) is 23.6 Å². The van der Waals surface area contributed by atoms with Crippen LogP contribution in [0.2, 0.25) is 0 Å². The molecule has 0 saturated carbocycles. The lowest BCUT2D eigenvalue weighted by Crippen LogP contribution is -2.13. The van der Waals surface area contributed by atoms with E-state index in [1.807, 2.05) is 20.8 Å². The third kappa shape index (κ3) is 3.94. The molecule has 0 spiro atoms. The maximum Gasteiger partial charge on any atom is 0.201 e. The molecule has 0 radical (unpaired) electrons. The molecule has 148 valence electrons. The Hall–Kier alpha value is -2.68. The van der Waals surface area contributed by atoms with E-state index in [0.717, 1.165) is 18.2 Å². The first-order chi connectivity index (χ1) is 13.4. The Kier molecular flexibility index (Phi) is 6.13. The number of hydrogen-bond donors (Lipinski definition) is 3. The number of nitrogens with one attached hydrogen (secondary N) is 3. The minimum atomic E-state index is -0.918. The lowest BCUT2D eigenvalue weighted by molar-refractivity contribution is 0.103. The zero-order valence-corrected chi connectivity index (χ0v) is 16.6. The van der Waals surface area contributed by atoms with Gasteiger partial charge in [-0.15, -0.1) is 0 Å². The van der Waals surface area contributed by atoms with Crippen LogP contribution in [0.1, 0.15) is 43.1 Å². The van der Waals surface area contributed by atoms with Crippen molar-refractivity contribution < 1.29 is 13.6 Å². The summed E-state index contributed by atoms with van der Waals surface area (Å²) in [7, 11) is 0. The molecular weight excluding hydrogens is 384 g/mol. The predicted molar refractivity (Wildman–Crippen MR) is 109 cm³/mol. The van der Waals surface area contributed by atoms with Gasteiger partial charge in [0.2, 0.25) is 5.78 Å². The van der Waals surface area contributed by atoms with Crippen molar-refractivity contribution in [3.8, 4) is 0 Å². The number of aromatic nitrogens is 3. The van der Waals surface area contributed by atoms with Gasteiger partial charge in [-0.05, 0) is 32.4 Å². The molecule has 0 aliphatic heterocycles. The van der Waals surface area contributed by atoms with Crippen LogP contribution >= 0.6 is 11.9 Å². The Morgan fingerprint density at radius 3 is 2.79 bits per heavy atom. The van der Waals surface area contributed by atoms with Crippen molar-refractivity contribution in [1.82, 2.24) is 15.0 Å². The van der Waals surface area contributed by atoms with E-state index >= 15 is 0 Å². The number of anilines is 2. The highest BCUT2D eigenvalue weighted by Gasteiger charge is 2.26. The lowest BCUT2D eigenvalue weighted by atomic mass is 10.0.